The number of rotatable bonds is 4. The number of nitrogens with zero attached hydrogens (tertiary/aromatic N) is 6. The smallest absolute Gasteiger partial charge is 0.0858 e. The van der Waals surface area contributed by atoms with E-state index >= 15 is 0 Å². The fourth-order valence-electron chi connectivity index (χ4n) is 1.57. The Kier molecular flexibility index (Phi) is 4.32. The fourth-order valence-corrected chi connectivity index (χ4v) is 1.57. The van der Waals surface area contributed by atoms with Crippen molar-refractivity contribution in [1.82, 2.24) is 0 Å². The zero-order valence-corrected chi connectivity index (χ0v) is 11.3. The number of anilines is 1. The highest BCUT2D eigenvalue weighted by atomic mass is 15.1. The van der Waals surface area contributed by atoms with Gasteiger partial charge in [-0.2, -0.15) is 10.2 Å². The second kappa shape index (κ2) is 6.36. The predicted octanol–water partition coefficient (Wildman–Crippen LogP) is 5.11. The van der Waals surface area contributed by atoms with E-state index in [0.29, 0.717) is 11.4 Å². The minimum absolute atomic E-state index is 0.557. The van der Waals surface area contributed by atoms with Gasteiger partial charge in [-0.05, 0) is 41.9 Å². The van der Waals surface area contributed by atoms with Crippen LogP contribution in [0.1, 0.15) is 0 Å². The average Bonchev–Trinajstić information content (AvgIpc) is 2.47. The zero-order valence-electron chi connectivity index (χ0n) is 11.3. The molecular formula is C14H14N6. The van der Waals surface area contributed by atoms with Gasteiger partial charge in [0.15, 0.2) is 0 Å². The van der Waals surface area contributed by atoms with Crippen LogP contribution in [0, 0.1) is 0 Å². The largest absolute Gasteiger partial charge is 0.378 e. The van der Waals surface area contributed by atoms with E-state index in [9.17, 15) is 0 Å². The number of benzene rings is 2. The van der Waals surface area contributed by atoms with Crippen molar-refractivity contribution in [3.63, 3.8) is 0 Å². The van der Waals surface area contributed by atoms with Gasteiger partial charge >= 0.3 is 0 Å². The second-order valence-corrected chi connectivity index (χ2v) is 4.32. The van der Waals surface area contributed by atoms with Crippen LogP contribution in [-0.4, -0.2) is 14.1 Å². The Labute approximate surface area is 117 Å². The van der Waals surface area contributed by atoms with Crippen LogP contribution in [0.15, 0.2) is 63.9 Å². The molecule has 100 valence electrons. The molecule has 2 aromatic rings. The summed E-state index contributed by atoms with van der Waals surface area (Å²) in [5.41, 5.74) is 11.5. The Morgan fingerprint density at radius 1 is 0.800 bits per heavy atom. The quantitative estimate of drug-likeness (QED) is 0.430. The van der Waals surface area contributed by atoms with Crippen LogP contribution in [0.2, 0.25) is 0 Å². The average molecular weight is 266 g/mol. The second-order valence-electron chi connectivity index (χ2n) is 4.32. The van der Waals surface area contributed by atoms with Crippen LogP contribution >= 0.6 is 0 Å². The molecule has 0 saturated carbocycles. The summed E-state index contributed by atoms with van der Waals surface area (Å²) in [5, 5.41) is 11.8. The summed E-state index contributed by atoms with van der Waals surface area (Å²) in [6.45, 7) is 0. The van der Waals surface area contributed by atoms with Gasteiger partial charge < -0.3 is 4.90 Å². The van der Waals surface area contributed by atoms with Gasteiger partial charge in [-0.25, -0.2) is 0 Å². The van der Waals surface area contributed by atoms with Crippen molar-refractivity contribution in [2.24, 2.45) is 15.3 Å². The molecule has 0 saturated heterocycles. The molecule has 0 N–H and O–H groups in total. The lowest BCUT2D eigenvalue weighted by Gasteiger charge is -2.11. The molecule has 0 unspecified atom stereocenters. The van der Waals surface area contributed by atoms with Gasteiger partial charge in [0.05, 0.1) is 11.4 Å². The molecule has 0 atom stereocenters. The topological polar surface area (TPSA) is 76.7 Å². The molecule has 0 amide bonds. The summed E-state index contributed by atoms with van der Waals surface area (Å²) < 4.78 is 0. The Balaban J connectivity index is 2.10. The Morgan fingerprint density at radius 2 is 1.25 bits per heavy atom. The minimum Gasteiger partial charge on any atom is -0.378 e. The maximum atomic E-state index is 8.32. The third-order valence-electron chi connectivity index (χ3n) is 2.66. The summed E-state index contributed by atoms with van der Waals surface area (Å²) in [6.07, 6.45) is 0. The van der Waals surface area contributed by atoms with Crippen molar-refractivity contribution in [1.29, 1.82) is 0 Å². The summed E-state index contributed by atoms with van der Waals surface area (Å²) in [6, 6.07) is 14.7. The summed E-state index contributed by atoms with van der Waals surface area (Å²) in [7, 11) is 3.98. The van der Waals surface area contributed by atoms with Crippen molar-refractivity contribution in [3.8, 4) is 0 Å². The molecular weight excluding hydrogens is 252 g/mol. The first kappa shape index (κ1) is 13.6. The van der Waals surface area contributed by atoms with Gasteiger partial charge in [0, 0.05) is 30.4 Å². The fraction of sp³-hybridized carbons (Fsp3) is 0.143. The van der Waals surface area contributed by atoms with Crippen LogP contribution in [0.5, 0.6) is 0 Å². The SMILES string of the molecule is CN(C)c1ccc(N=Nc2ccc(N=[N+]=[N-])cc2)cc1. The molecule has 20 heavy (non-hydrogen) atoms. The van der Waals surface area contributed by atoms with Gasteiger partial charge in [0.2, 0.25) is 0 Å². The highest BCUT2D eigenvalue weighted by molar-refractivity contribution is 5.52. The molecule has 0 bridgehead atoms. The molecule has 0 fully saturated rings. The molecule has 0 aliphatic rings. The van der Waals surface area contributed by atoms with Gasteiger partial charge in [-0.1, -0.05) is 17.2 Å². The predicted molar refractivity (Wildman–Crippen MR) is 80.2 cm³/mol. The van der Waals surface area contributed by atoms with E-state index in [-0.39, 0.29) is 0 Å². The van der Waals surface area contributed by atoms with E-state index in [4.69, 9.17) is 5.53 Å². The van der Waals surface area contributed by atoms with Crippen LogP contribution in [0.25, 0.3) is 10.4 Å². The van der Waals surface area contributed by atoms with E-state index in [1.807, 2.05) is 43.3 Å². The van der Waals surface area contributed by atoms with E-state index in [1.165, 1.54) is 0 Å². The number of azo groups is 1. The van der Waals surface area contributed by atoms with Crippen molar-refractivity contribution >= 4 is 22.7 Å². The molecule has 2 aromatic carbocycles. The van der Waals surface area contributed by atoms with E-state index in [2.05, 4.69) is 20.3 Å². The van der Waals surface area contributed by atoms with Crippen molar-refractivity contribution in [2.45, 2.75) is 0 Å². The monoisotopic (exact) mass is 266 g/mol. The number of hydrogen-bond donors (Lipinski definition) is 0. The molecule has 6 heteroatoms. The molecule has 0 aliphatic heterocycles. The van der Waals surface area contributed by atoms with Crippen LogP contribution in [0.4, 0.5) is 22.7 Å². The Bertz CT molecular complexity index is 636. The van der Waals surface area contributed by atoms with Gasteiger partial charge in [0.1, 0.15) is 0 Å². The molecule has 0 radical (unpaired) electrons. The van der Waals surface area contributed by atoms with Crippen molar-refractivity contribution < 1.29 is 0 Å². The minimum atomic E-state index is 0.557. The van der Waals surface area contributed by atoms with E-state index in [0.717, 1.165) is 11.4 Å². The highest BCUT2D eigenvalue weighted by Crippen LogP contribution is 2.23. The molecule has 2 rings (SSSR count). The van der Waals surface area contributed by atoms with Crippen LogP contribution in [-0.2, 0) is 0 Å². The summed E-state index contributed by atoms with van der Waals surface area (Å²) in [4.78, 5) is 4.74. The molecule has 0 spiro atoms. The summed E-state index contributed by atoms with van der Waals surface area (Å²) in [5.74, 6) is 0. The lowest BCUT2D eigenvalue weighted by Crippen LogP contribution is -2.07. The summed E-state index contributed by atoms with van der Waals surface area (Å²) >= 11 is 0. The molecule has 0 aliphatic carbocycles. The number of azide groups is 1. The van der Waals surface area contributed by atoms with Crippen molar-refractivity contribution in [3.05, 3.63) is 59.0 Å². The highest BCUT2D eigenvalue weighted by Gasteiger charge is 1.95. The first-order valence-electron chi connectivity index (χ1n) is 6.03. The van der Waals surface area contributed by atoms with E-state index < -0.39 is 0 Å². The van der Waals surface area contributed by atoms with Gasteiger partial charge in [0.25, 0.3) is 0 Å². The van der Waals surface area contributed by atoms with Crippen LogP contribution in [0.3, 0.4) is 0 Å². The molecule has 0 heterocycles. The third-order valence-corrected chi connectivity index (χ3v) is 2.66. The Hall–Kier alpha value is -2.85. The number of hydrogen-bond acceptors (Lipinski definition) is 4. The maximum absolute atomic E-state index is 8.32. The van der Waals surface area contributed by atoms with E-state index in [1.54, 1.807) is 24.3 Å². The Morgan fingerprint density at radius 3 is 1.70 bits per heavy atom. The normalized spacial score (nSPS) is 10.3. The molecule has 6 nitrogen and oxygen atoms in total. The third kappa shape index (κ3) is 3.57. The van der Waals surface area contributed by atoms with Crippen molar-refractivity contribution in [2.75, 3.05) is 19.0 Å². The molecule has 0 aromatic heterocycles. The lowest BCUT2D eigenvalue weighted by atomic mass is 10.3. The standard InChI is InChI=1S/C14H14N6/c1-20(2)14-9-7-12(8-10-14)17-16-11-3-5-13(6-4-11)18-19-15/h3-10H,1-2H3. The first-order valence-corrected chi connectivity index (χ1v) is 6.03. The zero-order chi connectivity index (χ0) is 14.4. The lowest BCUT2D eigenvalue weighted by molar-refractivity contribution is 1.13. The van der Waals surface area contributed by atoms with Gasteiger partial charge in [-0.3, -0.25) is 0 Å². The maximum Gasteiger partial charge on any atom is 0.0858 e. The van der Waals surface area contributed by atoms with Gasteiger partial charge in [-0.15, -0.1) is 0 Å². The first-order chi connectivity index (χ1) is 9.69. The van der Waals surface area contributed by atoms with Crippen LogP contribution < -0.4 is 4.90 Å².